The second kappa shape index (κ2) is 4.63. The van der Waals surface area contributed by atoms with Gasteiger partial charge in [-0.1, -0.05) is 0 Å². The van der Waals surface area contributed by atoms with E-state index in [1.807, 2.05) is 0 Å². The highest BCUT2D eigenvalue weighted by Crippen LogP contribution is 2.34. The second-order valence-electron chi connectivity index (χ2n) is 4.03. The lowest BCUT2D eigenvalue weighted by Gasteiger charge is -2.40. The Labute approximate surface area is 94.6 Å². The zero-order valence-corrected chi connectivity index (χ0v) is 9.36. The van der Waals surface area contributed by atoms with Gasteiger partial charge in [0.05, 0.1) is 18.0 Å². The smallest absolute Gasteiger partial charge is 0.160 e. The van der Waals surface area contributed by atoms with Crippen molar-refractivity contribution in [2.75, 3.05) is 24.4 Å². The molecule has 0 saturated heterocycles. The zero-order valence-electron chi connectivity index (χ0n) is 9.36. The van der Waals surface area contributed by atoms with E-state index in [1.54, 1.807) is 19.5 Å². The summed E-state index contributed by atoms with van der Waals surface area (Å²) in [7, 11) is 1.75. The fourth-order valence-corrected chi connectivity index (χ4v) is 1.80. The fourth-order valence-electron chi connectivity index (χ4n) is 1.80. The number of rotatable bonds is 5. The van der Waals surface area contributed by atoms with Crippen LogP contribution in [-0.2, 0) is 4.74 Å². The lowest BCUT2D eigenvalue weighted by molar-refractivity contribution is -0.0601. The minimum atomic E-state index is -0.0200. The van der Waals surface area contributed by atoms with Crippen molar-refractivity contribution < 1.29 is 4.74 Å². The van der Waals surface area contributed by atoms with E-state index in [0.29, 0.717) is 11.6 Å². The summed E-state index contributed by atoms with van der Waals surface area (Å²) >= 11 is 0. The van der Waals surface area contributed by atoms with Crippen LogP contribution >= 0.6 is 0 Å². The van der Waals surface area contributed by atoms with Gasteiger partial charge in [0, 0.05) is 13.7 Å². The number of hydrogen-bond acceptors (Lipinski definition) is 6. The molecule has 1 aliphatic carbocycles. The largest absolute Gasteiger partial charge is 0.376 e. The number of nitrogens with two attached hydrogens (primary N) is 1. The molecular weight excluding hydrogens is 206 g/mol. The summed E-state index contributed by atoms with van der Waals surface area (Å²) in [6, 6.07) is 0. The highest BCUT2D eigenvalue weighted by molar-refractivity contribution is 5.40. The Bertz CT molecular complexity index is 347. The van der Waals surface area contributed by atoms with Gasteiger partial charge >= 0.3 is 0 Å². The molecule has 0 bridgehead atoms. The lowest BCUT2D eigenvalue weighted by atomic mass is 9.80. The van der Waals surface area contributed by atoms with E-state index in [4.69, 9.17) is 10.6 Å². The Morgan fingerprint density at radius 3 is 2.75 bits per heavy atom. The molecule has 0 spiro atoms. The summed E-state index contributed by atoms with van der Waals surface area (Å²) in [6.07, 6.45) is 6.66. The van der Waals surface area contributed by atoms with Gasteiger partial charge in [0.2, 0.25) is 0 Å². The number of ether oxygens (including phenoxy) is 1. The first-order chi connectivity index (χ1) is 7.78. The maximum Gasteiger partial charge on any atom is 0.160 e. The molecule has 2 rings (SSSR count). The van der Waals surface area contributed by atoms with Gasteiger partial charge in [-0.25, -0.2) is 10.8 Å². The first-order valence-corrected chi connectivity index (χ1v) is 5.36. The van der Waals surface area contributed by atoms with Crippen molar-refractivity contribution >= 4 is 11.6 Å². The molecule has 0 amide bonds. The monoisotopic (exact) mass is 223 g/mol. The first-order valence-electron chi connectivity index (χ1n) is 5.36. The van der Waals surface area contributed by atoms with E-state index in [9.17, 15) is 0 Å². The number of nitrogen functional groups attached to an aromatic ring is 1. The van der Waals surface area contributed by atoms with Crippen molar-refractivity contribution in [3.05, 3.63) is 12.4 Å². The Morgan fingerprint density at radius 2 is 2.19 bits per heavy atom. The van der Waals surface area contributed by atoms with E-state index in [2.05, 4.69) is 20.7 Å². The molecule has 0 atom stereocenters. The predicted molar refractivity (Wildman–Crippen MR) is 61.9 cm³/mol. The Balaban J connectivity index is 1.93. The summed E-state index contributed by atoms with van der Waals surface area (Å²) in [5.74, 6) is 6.51. The molecule has 0 radical (unpaired) electrons. The van der Waals surface area contributed by atoms with Crippen molar-refractivity contribution in [2.45, 2.75) is 24.9 Å². The van der Waals surface area contributed by atoms with Crippen LogP contribution in [0.1, 0.15) is 19.3 Å². The average Bonchev–Trinajstić information content (AvgIpc) is 2.29. The van der Waals surface area contributed by atoms with Gasteiger partial charge in [-0.3, -0.25) is 4.98 Å². The van der Waals surface area contributed by atoms with Crippen LogP contribution in [0.25, 0.3) is 0 Å². The Kier molecular flexibility index (Phi) is 3.21. The van der Waals surface area contributed by atoms with Crippen LogP contribution in [0.3, 0.4) is 0 Å². The van der Waals surface area contributed by atoms with Crippen LogP contribution in [0.4, 0.5) is 11.6 Å². The molecule has 1 aromatic rings. The summed E-state index contributed by atoms with van der Waals surface area (Å²) in [5, 5.41) is 3.22. The minimum absolute atomic E-state index is 0.0200. The number of methoxy groups -OCH3 is 1. The van der Waals surface area contributed by atoms with E-state index in [1.165, 1.54) is 6.42 Å². The van der Waals surface area contributed by atoms with Gasteiger partial charge in [-0.05, 0) is 19.3 Å². The quantitative estimate of drug-likeness (QED) is 0.504. The van der Waals surface area contributed by atoms with Gasteiger partial charge in [-0.2, -0.15) is 0 Å². The van der Waals surface area contributed by atoms with Crippen molar-refractivity contribution in [1.82, 2.24) is 9.97 Å². The number of nitrogens with zero attached hydrogens (tertiary/aromatic N) is 2. The molecule has 1 aliphatic rings. The minimum Gasteiger partial charge on any atom is -0.376 e. The summed E-state index contributed by atoms with van der Waals surface area (Å²) in [4.78, 5) is 8.24. The van der Waals surface area contributed by atoms with Crippen LogP contribution in [0.5, 0.6) is 0 Å². The molecule has 6 nitrogen and oxygen atoms in total. The third-order valence-corrected chi connectivity index (χ3v) is 3.07. The molecule has 0 aliphatic heterocycles. The van der Waals surface area contributed by atoms with Gasteiger partial charge in [-0.15, -0.1) is 0 Å². The molecule has 6 heteroatoms. The molecule has 1 heterocycles. The molecule has 0 aromatic carbocycles. The molecule has 1 fully saturated rings. The van der Waals surface area contributed by atoms with Gasteiger partial charge in [0.15, 0.2) is 5.82 Å². The lowest BCUT2D eigenvalue weighted by Crippen LogP contribution is -2.45. The molecule has 1 saturated carbocycles. The van der Waals surface area contributed by atoms with E-state index >= 15 is 0 Å². The summed E-state index contributed by atoms with van der Waals surface area (Å²) in [6.45, 7) is 0.756. The van der Waals surface area contributed by atoms with Gasteiger partial charge < -0.3 is 15.5 Å². The van der Waals surface area contributed by atoms with Crippen LogP contribution in [0, 0.1) is 0 Å². The highest BCUT2D eigenvalue weighted by Gasteiger charge is 2.36. The van der Waals surface area contributed by atoms with Crippen LogP contribution in [0.15, 0.2) is 12.4 Å². The Hall–Kier alpha value is -1.40. The van der Waals surface area contributed by atoms with E-state index in [-0.39, 0.29) is 5.60 Å². The number of anilines is 2. The number of hydrogen-bond donors (Lipinski definition) is 3. The normalized spacial score (nSPS) is 17.6. The fraction of sp³-hybridized carbons (Fsp3) is 0.600. The highest BCUT2D eigenvalue weighted by atomic mass is 16.5. The Morgan fingerprint density at radius 1 is 1.44 bits per heavy atom. The topological polar surface area (TPSA) is 85.1 Å². The van der Waals surface area contributed by atoms with Crippen molar-refractivity contribution in [3.8, 4) is 0 Å². The molecule has 1 aromatic heterocycles. The maximum absolute atomic E-state index is 5.50. The SMILES string of the molecule is COC1(CNc2cncc(NN)n2)CCC1. The summed E-state index contributed by atoms with van der Waals surface area (Å²) in [5.41, 5.74) is 2.44. The van der Waals surface area contributed by atoms with E-state index < -0.39 is 0 Å². The number of hydrazine groups is 1. The van der Waals surface area contributed by atoms with Gasteiger partial charge in [0.1, 0.15) is 5.82 Å². The van der Waals surface area contributed by atoms with Crippen molar-refractivity contribution in [2.24, 2.45) is 5.84 Å². The van der Waals surface area contributed by atoms with Crippen LogP contribution in [0.2, 0.25) is 0 Å². The predicted octanol–water partition coefficient (Wildman–Crippen LogP) is 0.743. The van der Waals surface area contributed by atoms with Crippen LogP contribution < -0.4 is 16.6 Å². The van der Waals surface area contributed by atoms with E-state index in [0.717, 1.165) is 19.4 Å². The molecule has 4 N–H and O–H groups in total. The third-order valence-electron chi connectivity index (χ3n) is 3.07. The summed E-state index contributed by atoms with van der Waals surface area (Å²) < 4.78 is 5.50. The maximum atomic E-state index is 5.50. The molecule has 88 valence electrons. The molecule has 16 heavy (non-hydrogen) atoms. The third kappa shape index (κ3) is 2.23. The average molecular weight is 223 g/mol. The second-order valence-corrected chi connectivity index (χ2v) is 4.03. The van der Waals surface area contributed by atoms with Crippen LogP contribution in [-0.4, -0.2) is 29.2 Å². The molecule has 0 unspecified atom stereocenters. The number of nitrogens with one attached hydrogen (secondary N) is 2. The van der Waals surface area contributed by atoms with Gasteiger partial charge in [0.25, 0.3) is 0 Å². The van der Waals surface area contributed by atoms with Crippen molar-refractivity contribution in [1.29, 1.82) is 0 Å². The zero-order chi connectivity index (χ0) is 11.4. The number of aromatic nitrogens is 2. The standard InChI is InChI=1S/C10H17N5O/c1-16-10(3-2-4-10)7-13-8-5-12-6-9(14-8)15-11/h5-6H,2-4,7,11H2,1H3,(H2,13,14,15). The van der Waals surface area contributed by atoms with Crippen molar-refractivity contribution in [3.63, 3.8) is 0 Å². The first kappa shape index (κ1) is 11.1. The molecular formula is C10H17N5O.